The molecule has 1 unspecified atom stereocenters. The maximum Gasteiger partial charge on any atom is 0.222 e. The van der Waals surface area contributed by atoms with Crippen molar-refractivity contribution in [3.05, 3.63) is 60.3 Å². The minimum atomic E-state index is 0.282. The first-order valence-electron chi connectivity index (χ1n) is 10.9. The van der Waals surface area contributed by atoms with E-state index in [0.717, 1.165) is 53.7 Å². The number of piperidine rings is 1. The molecule has 156 valence electrons. The largest absolute Gasteiger partial charge is 0.496 e. The van der Waals surface area contributed by atoms with Gasteiger partial charge in [-0.1, -0.05) is 44.2 Å². The van der Waals surface area contributed by atoms with Gasteiger partial charge in [-0.05, 0) is 54.0 Å². The summed E-state index contributed by atoms with van der Waals surface area (Å²) in [5.74, 6) is 2.25. The maximum absolute atomic E-state index is 11.9. The number of carbonyl (C=O) groups excluding carboxylic acids is 1. The molecule has 0 N–H and O–H groups in total. The molecule has 1 fully saturated rings. The van der Waals surface area contributed by atoms with Gasteiger partial charge in [0.25, 0.3) is 0 Å². The Balaban J connectivity index is 1.52. The highest BCUT2D eigenvalue weighted by Crippen LogP contribution is 2.36. The summed E-state index contributed by atoms with van der Waals surface area (Å²) >= 11 is 0. The minimum absolute atomic E-state index is 0.282. The van der Waals surface area contributed by atoms with Gasteiger partial charge in [-0.15, -0.1) is 0 Å². The minimum Gasteiger partial charge on any atom is -0.496 e. The third kappa shape index (κ3) is 4.04. The van der Waals surface area contributed by atoms with Crippen LogP contribution >= 0.6 is 0 Å². The van der Waals surface area contributed by atoms with Crippen LogP contribution in [0.4, 0.5) is 0 Å². The van der Waals surface area contributed by atoms with Gasteiger partial charge < -0.3 is 9.64 Å². The molecule has 4 nitrogen and oxygen atoms in total. The lowest BCUT2D eigenvalue weighted by atomic mass is 9.81. The van der Waals surface area contributed by atoms with E-state index < -0.39 is 0 Å². The Morgan fingerprint density at radius 1 is 1.17 bits per heavy atom. The van der Waals surface area contributed by atoms with Crippen LogP contribution in [0.25, 0.3) is 22.0 Å². The van der Waals surface area contributed by atoms with Crippen molar-refractivity contribution in [1.82, 2.24) is 9.88 Å². The summed E-state index contributed by atoms with van der Waals surface area (Å²) in [6.45, 7) is 6.04. The molecular weight excluding hydrogens is 372 g/mol. The molecule has 1 aromatic heterocycles. The first kappa shape index (κ1) is 20.4. The van der Waals surface area contributed by atoms with Crippen LogP contribution in [0.3, 0.4) is 0 Å². The fraction of sp³-hybridized carbons (Fsp3) is 0.385. The number of carbonyl (C=O) groups is 1. The first-order valence-corrected chi connectivity index (χ1v) is 10.9. The molecule has 0 saturated carbocycles. The Bertz CT molecular complexity index is 1020. The van der Waals surface area contributed by atoms with E-state index in [2.05, 4.69) is 54.4 Å². The lowest BCUT2D eigenvalue weighted by Crippen LogP contribution is -2.39. The molecule has 2 heterocycles. The predicted molar refractivity (Wildman–Crippen MR) is 122 cm³/mol. The molecule has 1 saturated heterocycles. The molecule has 3 aromatic rings. The second-order valence-corrected chi connectivity index (χ2v) is 8.23. The second kappa shape index (κ2) is 8.86. The summed E-state index contributed by atoms with van der Waals surface area (Å²) < 4.78 is 5.66. The second-order valence-electron chi connectivity index (χ2n) is 8.23. The Labute approximate surface area is 178 Å². The summed E-state index contributed by atoms with van der Waals surface area (Å²) in [4.78, 5) is 18.4. The van der Waals surface area contributed by atoms with Crippen LogP contribution in [0.15, 0.2) is 54.7 Å². The molecule has 4 heteroatoms. The SMILES string of the molecule is CCC(=O)N1CCC(C(C)c2ccc(-c3cc4ncccc4cc3OC)cc2)CC1. The average molecular weight is 403 g/mol. The number of pyridine rings is 1. The topological polar surface area (TPSA) is 42.4 Å². The average Bonchev–Trinajstić information content (AvgIpc) is 2.82. The first-order chi connectivity index (χ1) is 14.6. The molecule has 1 amide bonds. The predicted octanol–water partition coefficient (Wildman–Crippen LogP) is 5.66. The lowest BCUT2D eigenvalue weighted by molar-refractivity contribution is -0.132. The number of likely N-dealkylation sites (tertiary alicyclic amines) is 1. The standard InChI is InChI=1S/C26H30N2O2/c1-4-26(29)28-14-11-20(12-15-28)18(2)19-7-9-21(10-8-19)23-17-24-22(6-5-13-27-24)16-25(23)30-3/h5-10,13,16-18,20H,4,11-12,14-15H2,1-3H3. The van der Waals surface area contributed by atoms with Crippen LogP contribution < -0.4 is 4.74 Å². The monoisotopic (exact) mass is 402 g/mol. The van der Waals surface area contributed by atoms with Gasteiger partial charge in [0.2, 0.25) is 5.91 Å². The molecule has 4 rings (SSSR count). The van der Waals surface area contributed by atoms with Crippen molar-refractivity contribution >= 4 is 16.8 Å². The van der Waals surface area contributed by atoms with Crippen LogP contribution in [-0.4, -0.2) is 36.0 Å². The Hall–Kier alpha value is -2.88. The third-order valence-corrected chi connectivity index (χ3v) is 6.57. The number of rotatable bonds is 5. The van der Waals surface area contributed by atoms with Crippen molar-refractivity contribution in [2.45, 2.75) is 39.0 Å². The number of hydrogen-bond donors (Lipinski definition) is 0. The van der Waals surface area contributed by atoms with Crippen LogP contribution in [-0.2, 0) is 4.79 Å². The third-order valence-electron chi connectivity index (χ3n) is 6.57. The number of hydrogen-bond acceptors (Lipinski definition) is 3. The Kier molecular flexibility index (Phi) is 6.03. The molecule has 1 aliphatic rings. The molecule has 1 atom stereocenters. The van der Waals surface area contributed by atoms with Gasteiger partial charge in [0, 0.05) is 36.7 Å². The maximum atomic E-state index is 11.9. The van der Waals surface area contributed by atoms with E-state index in [9.17, 15) is 4.79 Å². The zero-order valence-corrected chi connectivity index (χ0v) is 18.1. The van der Waals surface area contributed by atoms with E-state index >= 15 is 0 Å². The van der Waals surface area contributed by atoms with E-state index in [4.69, 9.17) is 4.74 Å². The molecule has 0 spiro atoms. The van der Waals surface area contributed by atoms with Crippen molar-refractivity contribution in [3.8, 4) is 16.9 Å². The van der Waals surface area contributed by atoms with Gasteiger partial charge in [-0.25, -0.2) is 0 Å². The highest BCUT2D eigenvalue weighted by Gasteiger charge is 2.26. The van der Waals surface area contributed by atoms with Crippen molar-refractivity contribution in [2.24, 2.45) is 5.92 Å². The summed E-state index contributed by atoms with van der Waals surface area (Å²) in [5.41, 5.74) is 4.53. The van der Waals surface area contributed by atoms with Gasteiger partial charge in [-0.3, -0.25) is 9.78 Å². The van der Waals surface area contributed by atoms with Crippen LogP contribution in [0.1, 0.15) is 44.6 Å². The summed E-state index contributed by atoms with van der Waals surface area (Å²) in [6, 6.07) is 17.0. The van der Waals surface area contributed by atoms with Crippen molar-refractivity contribution in [1.29, 1.82) is 0 Å². The number of fused-ring (bicyclic) bond motifs is 1. The van der Waals surface area contributed by atoms with E-state index in [1.807, 2.05) is 24.1 Å². The van der Waals surface area contributed by atoms with Gasteiger partial charge >= 0.3 is 0 Å². The van der Waals surface area contributed by atoms with Gasteiger partial charge in [0.05, 0.1) is 12.6 Å². The van der Waals surface area contributed by atoms with E-state index in [0.29, 0.717) is 18.3 Å². The quantitative estimate of drug-likeness (QED) is 0.553. The normalized spacial score (nSPS) is 15.9. The fourth-order valence-corrected chi connectivity index (χ4v) is 4.60. The summed E-state index contributed by atoms with van der Waals surface area (Å²) in [5, 5.41) is 1.08. The van der Waals surface area contributed by atoms with Crippen LogP contribution in [0.2, 0.25) is 0 Å². The lowest BCUT2D eigenvalue weighted by Gasteiger charge is -2.35. The molecular formula is C26H30N2O2. The highest BCUT2D eigenvalue weighted by molar-refractivity contribution is 5.88. The zero-order valence-electron chi connectivity index (χ0n) is 18.1. The van der Waals surface area contributed by atoms with Crippen molar-refractivity contribution in [2.75, 3.05) is 20.2 Å². The number of nitrogens with zero attached hydrogens (tertiary/aromatic N) is 2. The Morgan fingerprint density at radius 2 is 1.90 bits per heavy atom. The number of benzene rings is 2. The smallest absolute Gasteiger partial charge is 0.222 e. The van der Waals surface area contributed by atoms with Crippen LogP contribution in [0.5, 0.6) is 5.75 Å². The summed E-state index contributed by atoms with van der Waals surface area (Å²) in [6.07, 6.45) is 4.59. The number of methoxy groups -OCH3 is 1. The van der Waals surface area contributed by atoms with E-state index in [1.54, 1.807) is 7.11 Å². The molecule has 1 aliphatic heterocycles. The van der Waals surface area contributed by atoms with Crippen LogP contribution in [0, 0.1) is 5.92 Å². The molecule has 0 aliphatic carbocycles. The zero-order chi connectivity index (χ0) is 21.1. The summed E-state index contributed by atoms with van der Waals surface area (Å²) in [7, 11) is 1.72. The van der Waals surface area contributed by atoms with E-state index in [-0.39, 0.29) is 5.91 Å². The highest BCUT2D eigenvalue weighted by atomic mass is 16.5. The Morgan fingerprint density at radius 3 is 2.57 bits per heavy atom. The number of ether oxygens (including phenoxy) is 1. The van der Waals surface area contributed by atoms with E-state index in [1.165, 1.54) is 5.56 Å². The molecule has 0 radical (unpaired) electrons. The number of amides is 1. The van der Waals surface area contributed by atoms with Gasteiger partial charge in [0.15, 0.2) is 0 Å². The van der Waals surface area contributed by atoms with Crippen molar-refractivity contribution in [3.63, 3.8) is 0 Å². The molecule has 0 bridgehead atoms. The molecule has 30 heavy (non-hydrogen) atoms. The fourth-order valence-electron chi connectivity index (χ4n) is 4.60. The number of aromatic nitrogens is 1. The molecule has 2 aromatic carbocycles. The van der Waals surface area contributed by atoms with Gasteiger partial charge in [0.1, 0.15) is 5.75 Å². The van der Waals surface area contributed by atoms with Crippen molar-refractivity contribution < 1.29 is 9.53 Å². The van der Waals surface area contributed by atoms with Gasteiger partial charge in [-0.2, -0.15) is 0 Å².